The molecule has 2 aromatic carbocycles. The smallest absolute Gasteiger partial charge is 0.128 e. The van der Waals surface area contributed by atoms with Gasteiger partial charge in [0, 0.05) is 9.37 Å². The van der Waals surface area contributed by atoms with E-state index in [1.165, 1.54) is 16.9 Å². The Balaban J connectivity index is 2.14. The van der Waals surface area contributed by atoms with Crippen molar-refractivity contribution in [2.45, 2.75) is 25.2 Å². The molecule has 0 aliphatic heterocycles. The van der Waals surface area contributed by atoms with Crippen molar-refractivity contribution in [3.05, 3.63) is 52.5 Å². The SMILES string of the molecule is CCCSc1cc(Oc2ccc(Br)cc2)ccc1C. The van der Waals surface area contributed by atoms with Crippen LogP contribution in [-0.4, -0.2) is 5.75 Å². The third-order valence-electron chi connectivity index (χ3n) is 2.67. The molecule has 2 rings (SSSR count). The zero-order valence-electron chi connectivity index (χ0n) is 11.2. The average Bonchev–Trinajstić information content (AvgIpc) is 2.42. The average molecular weight is 337 g/mol. The standard InChI is InChI=1S/C16H17BrOS/c1-3-10-19-16-11-15(7-4-12(16)2)18-14-8-5-13(17)6-9-14/h4-9,11H,3,10H2,1-2H3. The van der Waals surface area contributed by atoms with Crippen molar-refractivity contribution in [1.29, 1.82) is 0 Å². The van der Waals surface area contributed by atoms with Gasteiger partial charge in [-0.15, -0.1) is 11.8 Å². The van der Waals surface area contributed by atoms with Crippen LogP contribution in [0.4, 0.5) is 0 Å². The monoisotopic (exact) mass is 336 g/mol. The number of hydrogen-bond acceptors (Lipinski definition) is 2. The lowest BCUT2D eigenvalue weighted by Crippen LogP contribution is -1.87. The summed E-state index contributed by atoms with van der Waals surface area (Å²) >= 11 is 5.31. The lowest BCUT2D eigenvalue weighted by atomic mass is 10.2. The maximum Gasteiger partial charge on any atom is 0.128 e. The highest BCUT2D eigenvalue weighted by Gasteiger charge is 2.03. The number of rotatable bonds is 5. The van der Waals surface area contributed by atoms with Gasteiger partial charge in [0.25, 0.3) is 0 Å². The highest BCUT2D eigenvalue weighted by atomic mass is 79.9. The molecule has 0 bridgehead atoms. The number of thioether (sulfide) groups is 1. The minimum absolute atomic E-state index is 0.860. The van der Waals surface area contributed by atoms with E-state index in [2.05, 4.69) is 41.9 Å². The van der Waals surface area contributed by atoms with Crippen LogP contribution < -0.4 is 4.74 Å². The zero-order chi connectivity index (χ0) is 13.7. The normalized spacial score (nSPS) is 10.5. The number of benzene rings is 2. The van der Waals surface area contributed by atoms with Crippen LogP contribution in [0.1, 0.15) is 18.9 Å². The first-order chi connectivity index (χ1) is 9.19. The van der Waals surface area contributed by atoms with Crippen LogP contribution in [0.5, 0.6) is 11.5 Å². The lowest BCUT2D eigenvalue weighted by Gasteiger charge is -2.10. The molecule has 0 unspecified atom stereocenters. The Morgan fingerprint density at radius 1 is 1.05 bits per heavy atom. The van der Waals surface area contributed by atoms with E-state index in [9.17, 15) is 0 Å². The Bertz CT molecular complexity index is 537. The second-order valence-electron chi connectivity index (χ2n) is 4.33. The van der Waals surface area contributed by atoms with Crippen LogP contribution in [0.3, 0.4) is 0 Å². The fourth-order valence-corrected chi connectivity index (χ4v) is 2.83. The summed E-state index contributed by atoms with van der Waals surface area (Å²) < 4.78 is 6.93. The van der Waals surface area contributed by atoms with Crippen LogP contribution >= 0.6 is 27.7 Å². The van der Waals surface area contributed by atoms with Gasteiger partial charge in [0.15, 0.2) is 0 Å². The summed E-state index contributed by atoms with van der Waals surface area (Å²) in [5.74, 6) is 2.90. The van der Waals surface area contributed by atoms with Crippen LogP contribution in [0.15, 0.2) is 51.8 Å². The fraction of sp³-hybridized carbons (Fsp3) is 0.250. The van der Waals surface area contributed by atoms with Crippen LogP contribution in [0.2, 0.25) is 0 Å². The largest absolute Gasteiger partial charge is 0.457 e. The van der Waals surface area contributed by atoms with Crippen LogP contribution in [-0.2, 0) is 0 Å². The van der Waals surface area contributed by atoms with Crippen molar-refractivity contribution in [3.8, 4) is 11.5 Å². The maximum absolute atomic E-state index is 5.87. The first kappa shape index (κ1) is 14.5. The Labute approximate surface area is 127 Å². The van der Waals surface area contributed by atoms with Gasteiger partial charge in [-0.2, -0.15) is 0 Å². The predicted octanol–water partition coefficient (Wildman–Crippen LogP) is 6.05. The van der Waals surface area contributed by atoms with E-state index >= 15 is 0 Å². The second kappa shape index (κ2) is 7.01. The van der Waals surface area contributed by atoms with Crippen molar-refractivity contribution in [1.82, 2.24) is 0 Å². The number of halogens is 1. The van der Waals surface area contributed by atoms with Crippen molar-refractivity contribution < 1.29 is 4.74 Å². The van der Waals surface area contributed by atoms with E-state index in [-0.39, 0.29) is 0 Å². The molecule has 0 aromatic heterocycles. The minimum Gasteiger partial charge on any atom is -0.457 e. The molecular weight excluding hydrogens is 320 g/mol. The van der Waals surface area contributed by atoms with Crippen molar-refractivity contribution in [3.63, 3.8) is 0 Å². The summed E-state index contributed by atoms with van der Waals surface area (Å²) in [6.45, 7) is 4.34. The number of ether oxygens (including phenoxy) is 1. The highest BCUT2D eigenvalue weighted by molar-refractivity contribution is 9.10. The molecule has 0 fully saturated rings. The van der Waals surface area contributed by atoms with E-state index < -0.39 is 0 Å². The Morgan fingerprint density at radius 2 is 1.74 bits per heavy atom. The zero-order valence-corrected chi connectivity index (χ0v) is 13.6. The molecule has 1 nitrogen and oxygen atoms in total. The van der Waals surface area contributed by atoms with Gasteiger partial charge in [0.1, 0.15) is 11.5 Å². The molecule has 0 atom stereocenters. The molecule has 0 spiro atoms. The van der Waals surface area contributed by atoms with Gasteiger partial charge in [0.05, 0.1) is 0 Å². The number of hydrogen-bond donors (Lipinski definition) is 0. The molecule has 100 valence electrons. The Morgan fingerprint density at radius 3 is 2.42 bits per heavy atom. The van der Waals surface area contributed by atoms with Gasteiger partial charge in [-0.1, -0.05) is 28.9 Å². The third kappa shape index (κ3) is 4.29. The van der Waals surface area contributed by atoms with Gasteiger partial charge in [-0.25, -0.2) is 0 Å². The van der Waals surface area contributed by atoms with Crippen molar-refractivity contribution >= 4 is 27.7 Å². The minimum atomic E-state index is 0.860. The number of aryl methyl sites for hydroxylation is 1. The quantitative estimate of drug-likeness (QED) is 0.614. The van der Waals surface area contributed by atoms with E-state index in [1.807, 2.05) is 42.1 Å². The van der Waals surface area contributed by atoms with Gasteiger partial charge in [0.2, 0.25) is 0 Å². The molecule has 19 heavy (non-hydrogen) atoms. The molecular formula is C16H17BrOS. The van der Waals surface area contributed by atoms with E-state index in [4.69, 9.17) is 4.74 Å². The summed E-state index contributed by atoms with van der Waals surface area (Å²) in [5.41, 5.74) is 1.31. The first-order valence-electron chi connectivity index (χ1n) is 6.36. The van der Waals surface area contributed by atoms with Gasteiger partial charge in [-0.3, -0.25) is 0 Å². The fourth-order valence-electron chi connectivity index (χ4n) is 1.65. The lowest BCUT2D eigenvalue weighted by molar-refractivity contribution is 0.481. The van der Waals surface area contributed by atoms with E-state index in [1.54, 1.807) is 0 Å². The molecule has 0 aliphatic rings. The summed E-state index contributed by atoms with van der Waals surface area (Å²) in [4.78, 5) is 1.30. The second-order valence-corrected chi connectivity index (χ2v) is 6.38. The molecule has 0 saturated heterocycles. The molecule has 0 amide bonds. The predicted molar refractivity (Wildman–Crippen MR) is 86.4 cm³/mol. The highest BCUT2D eigenvalue weighted by Crippen LogP contribution is 2.30. The van der Waals surface area contributed by atoms with Gasteiger partial charge < -0.3 is 4.74 Å². The molecule has 0 radical (unpaired) electrons. The summed E-state index contributed by atoms with van der Waals surface area (Å²) in [6, 6.07) is 14.1. The molecule has 0 aliphatic carbocycles. The van der Waals surface area contributed by atoms with Gasteiger partial charge in [-0.05, 0) is 61.1 Å². The summed E-state index contributed by atoms with van der Waals surface area (Å²) in [7, 11) is 0. The first-order valence-corrected chi connectivity index (χ1v) is 8.14. The van der Waals surface area contributed by atoms with E-state index in [0.29, 0.717) is 0 Å². The Hall–Kier alpha value is -0.930. The van der Waals surface area contributed by atoms with Crippen molar-refractivity contribution in [2.75, 3.05) is 5.75 Å². The van der Waals surface area contributed by atoms with Crippen LogP contribution in [0.25, 0.3) is 0 Å². The molecule has 0 heterocycles. The van der Waals surface area contributed by atoms with E-state index in [0.717, 1.165) is 21.7 Å². The third-order valence-corrected chi connectivity index (χ3v) is 4.56. The van der Waals surface area contributed by atoms with Crippen molar-refractivity contribution in [2.24, 2.45) is 0 Å². The van der Waals surface area contributed by atoms with Crippen LogP contribution in [0, 0.1) is 6.92 Å². The Kier molecular flexibility index (Phi) is 5.34. The molecule has 0 saturated carbocycles. The maximum atomic E-state index is 5.87. The molecule has 3 heteroatoms. The summed E-state index contributed by atoms with van der Waals surface area (Å²) in [6.07, 6.45) is 1.18. The molecule has 2 aromatic rings. The summed E-state index contributed by atoms with van der Waals surface area (Å²) in [5, 5.41) is 0. The van der Waals surface area contributed by atoms with Gasteiger partial charge >= 0.3 is 0 Å². The molecule has 0 N–H and O–H groups in total. The topological polar surface area (TPSA) is 9.23 Å².